The minimum absolute atomic E-state index is 0.282. The van der Waals surface area contributed by atoms with E-state index in [0.717, 1.165) is 17.1 Å². The van der Waals surface area contributed by atoms with Gasteiger partial charge in [-0.3, -0.25) is 0 Å². The van der Waals surface area contributed by atoms with Crippen LogP contribution in [0, 0.1) is 11.3 Å². The number of hydrogen-bond donors (Lipinski definition) is 0. The molecular weight excluding hydrogens is 396 g/mol. The van der Waals surface area contributed by atoms with E-state index in [4.69, 9.17) is 0 Å². The Morgan fingerprint density at radius 1 is 1.12 bits per heavy atom. The molecule has 0 N–H and O–H groups in total. The molecule has 0 spiro atoms. The fraction of sp³-hybridized carbons (Fsp3) is 0.538. The third-order valence-corrected chi connectivity index (χ3v) is 6.26. The minimum atomic E-state index is 0.282. The average molecular weight is 413 g/mol. The highest BCUT2D eigenvalue weighted by Gasteiger charge is 2.32. The summed E-state index contributed by atoms with van der Waals surface area (Å²) in [4.78, 5) is 0. The fourth-order valence-corrected chi connectivity index (χ4v) is 4.71. The third kappa shape index (κ3) is 3.33. The van der Waals surface area contributed by atoms with Gasteiger partial charge in [-0.05, 0) is 29.4 Å². The second-order valence-electron chi connectivity index (χ2n) is 4.55. The highest BCUT2D eigenvalue weighted by Crippen LogP contribution is 2.37. The van der Waals surface area contributed by atoms with E-state index in [0.29, 0.717) is 5.92 Å². The van der Waals surface area contributed by atoms with Crippen LogP contribution in [0.15, 0.2) is 28.7 Å². The maximum absolute atomic E-state index is 3.67. The first-order valence-corrected chi connectivity index (χ1v) is 8.44. The number of halogens is 3. The molecule has 0 aromatic heterocycles. The molecule has 0 aliphatic rings. The van der Waals surface area contributed by atoms with E-state index in [2.05, 4.69) is 85.9 Å². The van der Waals surface area contributed by atoms with Gasteiger partial charge in [-0.15, -0.1) is 0 Å². The second-order valence-corrected chi connectivity index (χ2v) is 6.53. The second kappa shape index (κ2) is 6.55. The number of benzene rings is 1. The average Bonchev–Trinajstić information content (AvgIpc) is 2.28. The molecule has 0 atom stereocenters. The zero-order chi connectivity index (χ0) is 12.2. The van der Waals surface area contributed by atoms with Gasteiger partial charge in [0.2, 0.25) is 0 Å². The molecule has 0 bridgehead atoms. The quantitative estimate of drug-likeness (QED) is 0.566. The molecule has 0 radical (unpaired) electrons. The van der Waals surface area contributed by atoms with Crippen LogP contribution in [-0.2, 0) is 6.42 Å². The van der Waals surface area contributed by atoms with Gasteiger partial charge in [-0.1, -0.05) is 79.8 Å². The summed E-state index contributed by atoms with van der Waals surface area (Å²) in [5.74, 6) is 0.637. The smallest absolute Gasteiger partial charge is 0.0207 e. The van der Waals surface area contributed by atoms with E-state index in [9.17, 15) is 0 Å². The van der Waals surface area contributed by atoms with Gasteiger partial charge in [0, 0.05) is 15.1 Å². The summed E-state index contributed by atoms with van der Waals surface area (Å²) in [6, 6.07) is 8.48. The van der Waals surface area contributed by atoms with Gasteiger partial charge in [-0.25, -0.2) is 0 Å². The molecule has 0 aliphatic heterocycles. The van der Waals surface area contributed by atoms with Crippen molar-refractivity contribution in [1.29, 1.82) is 0 Å². The van der Waals surface area contributed by atoms with Crippen molar-refractivity contribution in [2.24, 2.45) is 11.3 Å². The predicted octanol–water partition coefficient (Wildman–Crippen LogP) is 5.42. The van der Waals surface area contributed by atoms with Gasteiger partial charge in [0.05, 0.1) is 0 Å². The lowest BCUT2D eigenvalue weighted by Crippen LogP contribution is -2.33. The van der Waals surface area contributed by atoms with Crippen molar-refractivity contribution in [2.75, 3.05) is 10.7 Å². The Labute approximate surface area is 124 Å². The molecule has 0 nitrogen and oxygen atoms in total. The van der Waals surface area contributed by atoms with Gasteiger partial charge in [0.1, 0.15) is 0 Å². The summed E-state index contributed by atoms with van der Waals surface area (Å²) in [6.45, 7) is 4.58. The molecule has 0 saturated heterocycles. The molecule has 90 valence electrons. The lowest BCUT2D eigenvalue weighted by molar-refractivity contribution is 0.267. The molecule has 1 aromatic rings. The van der Waals surface area contributed by atoms with Crippen molar-refractivity contribution in [3.63, 3.8) is 0 Å². The molecule has 0 amide bonds. The van der Waals surface area contributed by atoms with Crippen LogP contribution in [0.5, 0.6) is 0 Å². The summed E-state index contributed by atoms with van der Waals surface area (Å²) in [5, 5.41) is 2.04. The Balaban J connectivity index is 2.96. The predicted molar refractivity (Wildman–Crippen MR) is 82.7 cm³/mol. The number of rotatable bonds is 5. The van der Waals surface area contributed by atoms with E-state index in [1.807, 2.05) is 0 Å². The molecule has 0 aliphatic carbocycles. The topological polar surface area (TPSA) is 0 Å². The molecule has 1 rings (SSSR count). The summed E-state index contributed by atoms with van der Waals surface area (Å²) >= 11 is 11.0. The van der Waals surface area contributed by atoms with E-state index >= 15 is 0 Å². The van der Waals surface area contributed by atoms with Crippen LogP contribution < -0.4 is 0 Å². The van der Waals surface area contributed by atoms with Crippen LogP contribution in [0.3, 0.4) is 0 Å². The highest BCUT2D eigenvalue weighted by atomic mass is 79.9. The molecule has 0 heterocycles. The molecule has 1 aromatic carbocycles. The van der Waals surface area contributed by atoms with Crippen LogP contribution >= 0.6 is 47.8 Å². The SMILES string of the molecule is CC(C)C(CBr)(CBr)Cc1ccccc1Br. The van der Waals surface area contributed by atoms with Crippen LogP contribution in [0.25, 0.3) is 0 Å². The van der Waals surface area contributed by atoms with E-state index in [-0.39, 0.29) is 5.41 Å². The van der Waals surface area contributed by atoms with Gasteiger partial charge < -0.3 is 0 Å². The maximum Gasteiger partial charge on any atom is 0.0207 e. The molecule has 0 unspecified atom stereocenters. The standard InChI is InChI=1S/C13H17Br3/c1-10(2)13(8-14,9-15)7-11-5-3-4-6-12(11)16/h3-6,10H,7-9H2,1-2H3. The summed E-state index contributed by atoms with van der Waals surface area (Å²) < 4.78 is 1.21. The lowest BCUT2D eigenvalue weighted by atomic mass is 9.76. The van der Waals surface area contributed by atoms with E-state index in [1.165, 1.54) is 10.0 Å². The van der Waals surface area contributed by atoms with E-state index in [1.54, 1.807) is 0 Å². The molecule has 3 heteroatoms. The monoisotopic (exact) mass is 410 g/mol. The Morgan fingerprint density at radius 2 is 1.69 bits per heavy atom. The first kappa shape index (κ1) is 14.7. The highest BCUT2D eigenvalue weighted by molar-refractivity contribution is 9.10. The van der Waals surface area contributed by atoms with Crippen molar-refractivity contribution in [3.05, 3.63) is 34.3 Å². The Kier molecular flexibility index (Phi) is 6.03. The van der Waals surface area contributed by atoms with Crippen molar-refractivity contribution in [2.45, 2.75) is 20.3 Å². The fourth-order valence-electron chi connectivity index (χ4n) is 1.66. The normalized spacial score (nSPS) is 12.1. The van der Waals surface area contributed by atoms with E-state index < -0.39 is 0 Å². The molecule has 0 saturated carbocycles. The Bertz CT molecular complexity index is 330. The van der Waals surface area contributed by atoms with Gasteiger partial charge in [0.25, 0.3) is 0 Å². The van der Waals surface area contributed by atoms with Crippen molar-refractivity contribution >= 4 is 47.8 Å². The van der Waals surface area contributed by atoms with Gasteiger partial charge >= 0.3 is 0 Å². The number of alkyl halides is 2. The summed E-state index contributed by atoms with van der Waals surface area (Å²) in [5.41, 5.74) is 1.67. The molecule has 16 heavy (non-hydrogen) atoms. The van der Waals surface area contributed by atoms with Gasteiger partial charge in [-0.2, -0.15) is 0 Å². The largest absolute Gasteiger partial charge is 0.0921 e. The van der Waals surface area contributed by atoms with Crippen molar-refractivity contribution < 1.29 is 0 Å². The minimum Gasteiger partial charge on any atom is -0.0921 e. The van der Waals surface area contributed by atoms with Crippen molar-refractivity contribution in [3.8, 4) is 0 Å². The number of hydrogen-bond acceptors (Lipinski definition) is 0. The molecule has 0 fully saturated rings. The molecular formula is C13H17Br3. The zero-order valence-electron chi connectivity index (χ0n) is 9.64. The first-order valence-electron chi connectivity index (χ1n) is 5.41. The van der Waals surface area contributed by atoms with Crippen molar-refractivity contribution in [1.82, 2.24) is 0 Å². The van der Waals surface area contributed by atoms with Crippen LogP contribution in [0.2, 0.25) is 0 Å². The zero-order valence-corrected chi connectivity index (χ0v) is 14.4. The first-order chi connectivity index (χ1) is 7.55. The van der Waals surface area contributed by atoms with Gasteiger partial charge in [0.15, 0.2) is 0 Å². The Hall–Kier alpha value is 0.660. The third-order valence-electron chi connectivity index (χ3n) is 3.26. The maximum atomic E-state index is 3.67. The Morgan fingerprint density at radius 3 is 2.12 bits per heavy atom. The summed E-state index contributed by atoms with van der Waals surface area (Å²) in [7, 11) is 0. The van der Waals surface area contributed by atoms with Crippen LogP contribution in [-0.4, -0.2) is 10.7 Å². The van der Waals surface area contributed by atoms with Crippen LogP contribution in [0.1, 0.15) is 19.4 Å². The lowest BCUT2D eigenvalue weighted by Gasteiger charge is -2.34. The van der Waals surface area contributed by atoms with Crippen LogP contribution in [0.4, 0.5) is 0 Å². The summed E-state index contributed by atoms with van der Waals surface area (Å²) in [6.07, 6.45) is 1.09.